The Hall–Kier alpha value is -3.96. The van der Waals surface area contributed by atoms with Gasteiger partial charge < -0.3 is 15.2 Å². The number of amides is 2. The highest BCUT2D eigenvalue weighted by atomic mass is 16.2. The van der Waals surface area contributed by atoms with Gasteiger partial charge in [-0.1, -0.05) is 33.4 Å². The number of carbonyl (C=O) groups is 2. The number of hydrogen-bond donors (Lipinski definition) is 3. The molecule has 39 heavy (non-hydrogen) atoms. The molecule has 1 fully saturated rings. The van der Waals surface area contributed by atoms with Crippen LogP contribution >= 0.6 is 0 Å². The van der Waals surface area contributed by atoms with Crippen LogP contribution in [-0.2, 0) is 11.3 Å². The molecule has 204 valence electrons. The Morgan fingerprint density at radius 3 is 2.46 bits per heavy atom. The number of carbonyl (C=O) groups excluding carboxylic acids is 2. The maximum atomic E-state index is 13.2. The summed E-state index contributed by atoms with van der Waals surface area (Å²) < 4.78 is 2.14. The highest BCUT2D eigenvalue weighted by molar-refractivity contribution is 6.04. The van der Waals surface area contributed by atoms with Crippen LogP contribution in [-0.4, -0.2) is 33.4 Å². The van der Waals surface area contributed by atoms with Gasteiger partial charge in [0.05, 0.1) is 22.7 Å². The predicted octanol–water partition coefficient (Wildman–Crippen LogP) is 5.47. The van der Waals surface area contributed by atoms with E-state index in [2.05, 4.69) is 79.1 Å². The van der Waals surface area contributed by atoms with Crippen molar-refractivity contribution >= 4 is 28.8 Å². The lowest BCUT2D eigenvalue weighted by Crippen LogP contribution is -2.37. The van der Waals surface area contributed by atoms with E-state index in [4.69, 9.17) is 10.2 Å². The number of benzene rings is 2. The van der Waals surface area contributed by atoms with E-state index < -0.39 is 0 Å². The maximum absolute atomic E-state index is 13.2. The molecule has 2 amide bonds. The van der Waals surface area contributed by atoms with E-state index in [1.807, 2.05) is 0 Å². The first-order valence-electron chi connectivity index (χ1n) is 13.6. The summed E-state index contributed by atoms with van der Waals surface area (Å²) in [5.41, 5.74) is 4.04. The first-order valence-corrected chi connectivity index (χ1v) is 13.6. The summed E-state index contributed by atoms with van der Waals surface area (Å²) in [6.07, 6.45) is 4.67. The van der Waals surface area contributed by atoms with Crippen LogP contribution < -0.4 is 16.0 Å². The van der Waals surface area contributed by atoms with E-state index in [1.54, 1.807) is 24.3 Å². The summed E-state index contributed by atoms with van der Waals surface area (Å²) in [6.45, 7) is 13.1. The van der Waals surface area contributed by atoms with Crippen LogP contribution in [0.15, 0.2) is 55.1 Å². The molecule has 1 aromatic heterocycles. The van der Waals surface area contributed by atoms with Crippen LogP contribution in [0.3, 0.4) is 0 Å². The minimum Gasteiger partial charge on any atom is -0.350 e. The minimum atomic E-state index is -0.274. The third kappa shape index (κ3) is 6.73. The Morgan fingerprint density at radius 1 is 1.15 bits per heavy atom. The molecule has 0 saturated heterocycles. The molecule has 4 rings (SSSR count). The lowest BCUT2D eigenvalue weighted by Gasteiger charge is -2.31. The zero-order valence-electron chi connectivity index (χ0n) is 23.3. The molecule has 0 spiro atoms. The van der Waals surface area contributed by atoms with Gasteiger partial charge in [0.1, 0.15) is 0 Å². The SMILES string of the molecule is C=CC(=O)NC1CCC(n2c(NC(=O)c3ccc(C#N)cc3)nc3cc(CN[C@@H](C)C(C)(C)C)ccc32)CC1. The number of nitrogens with one attached hydrogen (secondary N) is 3. The molecule has 3 N–H and O–H groups in total. The first kappa shape index (κ1) is 28.1. The molecule has 1 aliphatic carbocycles. The Balaban J connectivity index is 1.61. The highest BCUT2D eigenvalue weighted by Gasteiger charge is 2.27. The summed E-state index contributed by atoms with van der Waals surface area (Å²) in [4.78, 5) is 29.8. The van der Waals surface area contributed by atoms with Gasteiger partial charge in [-0.25, -0.2) is 4.98 Å². The highest BCUT2D eigenvalue weighted by Crippen LogP contribution is 2.35. The van der Waals surface area contributed by atoms with Crippen molar-refractivity contribution in [3.63, 3.8) is 0 Å². The van der Waals surface area contributed by atoms with Crippen LogP contribution in [0.5, 0.6) is 0 Å². The third-order valence-corrected chi connectivity index (χ3v) is 7.76. The second kappa shape index (κ2) is 11.8. The number of nitriles is 1. The summed E-state index contributed by atoms with van der Waals surface area (Å²) >= 11 is 0. The number of imidazole rings is 1. The smallest absolute Gasteiger partial charge is 0.257 e. The number of aromatic nitrogens is 2. The average molecular weight is 527 g/mol. The van der Waals surface area contributed by atoms with Crippen molar-refractivity contribution in [3.8, 4) is 6.07 Å². The lowest BCUT2D eigenvalue weighted by atomic mass is 9.88. The van der Waals surface area contributed by atoms with Gasteiger partial charge in [0.15, 0.2) is 0 Å². The van der Waals surface area contributed by atoms with Crippen LogP contribution in [0.4, 0.5) is 5.95 Å². The fraction of sp³-hybridized carbons (Fsp3) is 0.419. The number of anilines is 1. The summed E-state index contributed by atoms with van der Waals surface area (Å²) in [5.74, 6) is 0.0822. The molecule has 2 aromatic carbocycles. The molecule has 1 aliphatic rings. The van der Waals surface area contributed by atoms with Crippen LogP contribution in [0.2, 0.25) is 0 Å². The van der Waals surface area contributed by atoms with Gasteiger partial charge in [-0.15, -0.1) is 0 Å². The number of fused-ring (bicyclic) bond motifs is 1. The molecule has 0 bridgehead atoms. The average Bonchev–Trinajstić information content (AvgIpc) is 3.28. The third-order valence-electron chi connectivity index (χ3n) is 7.76. The van der Waals surface area contributed by atoms with Crippen molar-refractivity contribution in [2.75, 3.05) is 5.32 Å². The Labute approximate surface area is 230 Å². The molecular formula is C31H38N6O2. The second-order valence-electron chi connectivity index (χ2n) is 11.5. The van der Waals surface area contributed by atoms with Gasteiger partial charge in [0.2, 0.25) is 11.9 Å². The van der Waals surface area contributed by atoms with Crippen LogP contribution in [0.1, 0.15) is 80.9 Å². The van der Waals surface area contributed by atoms with Gasteiger partial charge in [0, 0.05) is 30.2 Å². The van der Waals surface area contributed by atoms with Gasteiger partial charge >= 0.3 is 0 Å². The fourth-order valence-electron chi connectivity index (χ4n) is 4.90. The molecule has 8 heteroatoms. The van der Waals surface area contributed by atoms with E-state index in [9.17, 15) is 9.59 Å². The van der Waals surface area contributed by atoms with Crippen molar-refractivity contribution in [1.29, 1.82) is 5.26 Å². The largest absolute Gasteiger partial charge is 0.350 e. The van der Waals surface area contributed by atoms with Crippen LogP contribution in [0.25, 0.3) is 11.0 Å². The zero-order valence-corrected chi connectivity index (χ0v) is 23.3. The Bertz CT molecular complexity index is 1390. The van der Waals surface area contributed by atoms with Gasteiger partial charge in [-0.3, -0.25) is 14.9 Å². The minimum absolute atomic E-state index is 0.112. The van der Waals surface area contributed by atoms with Crippen molar-refractivity contribution in [3.05, 3.63) is 71.8 Å². The van der Waals surface area contributed by atoms with E-state index in [-0.39, 0.29) is 29.3 Å². The van der Waals surface area contributed by atoms with Gasteiger partial charge in [-0.05, 0) is 86.1 Å². The molecule has 1 atom stereocenters. The maximum Gasteiger partial charge on any atom is 0.257 e. The van der Waals surface area contributed by atoms with Crippen molar-refractivity contribution in [2.24, 2.45) is 5.41 Å². The number of rotatable bonds is 8. The Kier molecular flexibility index (Phi) is 8.51. The standard InChI is InChI=1S/C31H38N6O2/c1-6-28(38)34-24-12-14-25(15-13-24)37-27-16-9-22(19-33-20(2)31(3,4)5)17-26(27)35-30(37)36-29(39)23-10-7-21(18-32)8-11-23/h6-11,16-17,20,24-25,33H,1,12-15,19H2,2-5H3,(H,34,38)(H,35,36,39)/t20-,24?,25?/m0/s1. The predicted molar refractivity (Wildman–Crippen MR) is 154 cm³/mol. The fourth-order valence-corrected chi connectivity index (χ4v) is 4.90. The van der Waals surface area contributed by atoms with Crippen molar-refractivity contribution < 1.29 is 9.59 Å². The topological polar surface area (TPSA) is 112 Å². The zero-order chi connectivity index (χ0) is 28.2. The normalized spacial score (nSPS) is 18.2. The quantitative estimate of drug-likeness (QED) is 0.337. The van der Waals surface area contributed by atoms with Gasteiger partial charge in [0.25, 0.3) is 5.91 Å². The molecule has 8 nitrogen and oxygen atoms in total. The summed E-state index contributed by atoms with van der Waals surface area (Å²) in [5, 5.41) is 18.7. The summed E-state index contributed by atoms with van der Waals surface area (Å²) in [7, 11) is 0. The van der Waals surface area contributed by atoms with E-state index >= 15 is 0 Å². The molecule has 3 aromatic rings. The second-order valence-corrected chi connectivity index (χ2v) is 11.5. The van der Waals surface area contributed by atoms with Crippen molar-refractivity contribution in [2.45, 2.75) is 78.0 Å². The van der Waals surface area contributed by atoms with Crippen molar-refractivity contribution in [1.82, 2.24) is 20.2 Å². The molecule has 1 heterocycles. The Morgan fingerprint density at radius 2 is 1.85 bits per heavy atom. The molecule has 0 radical (unpaired) electrons. The molecule has 1 saturated carbocycles. The van der Waals surface area contributed by atoms with Gasteiger partial charge in [-0.2, -0.15) is 5.26 Å². The number of nitrogens with zero attached hydrogens (tertiary/aromatic N) is 3. The van der Waals surface area contributed by atoms with E-state index in [0.717, 1.165) is 48.8 Å². The monoisotopic (exact) mass is 526 g/mol. The lowest BCUT2D eigenvalue weighted by molar-refractivity contribution is -0.117. The summed E-state index contributed by atoms with van der Waals surface area (Å²) in [6, 6.07) is 15.5. The van der Waals surface area contributed by atoms with E-state index in [0.29, 0.717) is 23.1 Å². The number of hydrogen-bond acceptors (Lipinski definition) is 5. The first-order chi connectivity index (χ1) is 18.6. The molecule has 0 aliphatic heterocycles. The molecule has 0 unspecified atom stereocenters. The van der Waals surface area contributed by atoms with E-state index in [1.165, 1.54) is 6.08 Å². The molecular weight excluding hydrogens is 488 g/mol. The van der Waals surface area contributed by atoms with Crippen LogP contribution in [0, 0.1) is 16.7 Å².